The van der Waals surface area contributed by atoms with Crippen molar-refractivity contribution in [1.82, 2.24) is 4.98 Å². The summed E-state index contributed by atoms with van der Waals surface area (Å²) in [4.78, 5) is 14.3. The van der Waals surface area contributed by atoms with Gasteiger partial charge in [-0.15, -0.1) is 23.1 Å². The molecule has 0 bridgehead atoms. The minimum atomic E-state index is -0.493. The summed E-state index contributed by atoms with van der Waals surface area (Å²) in [6, 6.07) is 0. The monoisotopic (exact) mass is 173 g/mol. The molecule has 0 aromatic carbocycles. The predicted octanol–water partition coefficient (Wildman–Crippen LogP) is 1.13. The fraction of sp³-hybridized carbons (Fsp3) is 0. The largest absolute Gasteiger partial charge is 0.364 e. The van der Waals surface area contributed by atoms with Crippen LogP contribution in [0, 0.1) is 6.26 Å². The molecule has 1 aromatic heterocycles. The van der Waals surface area contributed by atoms with Gasteiger partial charge in [-0.3, -0.25) is 4.79 Å². The number of thioether (sulfide) groups is 1. The van der Waals surface area contributed by atoms with Gasteiger partial charge in [0.15, 0.2) is 5.69 Å². The van der Waals surface area contributed by atoms with Crippen molar-refractivity contribution in [3.05, 3.63) is 17.5 Å². The van der Waals surface area contributed by atoms with Gasteiger partial charge in [0.05, 0.1) is 9.72 Å². The molecule has 0 saturated heterocycles. The minimum absolute atomic E-state index is 0.324. The Bertz CT molecular complexity index is 246. The van der Waals surface area contributed by atoms with Crippen LogP contribution in [0.25, 0.3) is 0 Å². The van der Waals surface area contributed by atoms with Crippen LogP contribution in [0.15, 0.2) is 9.72 Å². The van der Waals surface area contributed by atoms with Crippen LogP contribution in [-0.4, -0.2) is 10.9 Å². The Balaban J connectivity index is 3.01. The Morgan fingerprint density at radius 1 is 1.90 bits per heavy atom. The Labute approximate surface area is 66.6 Å². The van der Waals surface area contributed by atoms with Crippen molar-refractivity contribution in [2.24, 2.45) is 5.73 Å². The Morgan fingerprint density at radius 3 is 3.00 bits per heavy atom. The molecule has 0 aliphatic carbocycles. The third-order valence-electron chi connectivity index (χ3n) is 0.899. The lowest BCUT2D eigenvalue weighted by molar-refractivity contribution is 0.0993. The number of hydrogen-bond donors (Lipinski definition) is 1. The van der Waals surface area contributed by atoms with Crippen molar-refractivity contribution < 1.29 is 4.79 Å². The number of thiazole rings is 1. The molecular formula is C5H5N2OS2. The van der Waals surface area contributed by atoms with E-state index < -0.39 is 5.91 Å². The summed E-state index contributed by atoms with van der Waals surface area (Å²) >= 11 is 2.60. The SMILES string of the molecule is [CH2]Sc1scnc1C(N)=O. The van der Waals surface area contributed by atoms with E-state index in [-0.39, 0.29) is 0 Å². The summed E-state index contributed by atoms with van der Waals surface area (Å²) < 4.78 is 0.771. The van der Waals surface area contributed by atoms with Gasteiger partial charge < -0.3 is 5.73 Å². The summed E-state index contributed by atoms with van der Waals surface area (Å²) in [6.45, 7) is 0. The van der Waals surface area contributed by atoms with E-state index in [0.29, 0.717) is 5.69 Å². The highest BCUT2D eigenvalue weighted by atomic mass is 32.2. The van der Waals surface area contributed by atoms with Crippen LogP contribution in [0.2, 0.25) is 0 Å². The lowest BCUT2D eigenvalue weighted by Gasteiger charge is -1.89. The number of rotatable bonds is 2. The van der Waals surface area contributed by atoms with Crippen LogP contribution >= 0.6 is 23.1 Å². The van der Waals surface area contributed by atoms with E-state index in [1.165, 1.54) is 23.1 Å². The molecule has 0 aliphatic rings. The van der Waals surface area contributed by atoms with Crippen molar-refractivity contribution in [2.45, 2.75) is 4.21 Å². The van der Waals surface area contributed by atoms with Crippen LogP contribution < -0.4 is 5.73 Å². The number of hydrogen-bond acceptors (Lipinski definition) is 4. The number of nitrogens with zero attached hydrogens (tertiary/aromatic N) is 1. The highest BCUT2D eigenvalue weighted by Gasteiger charge is 2.09. The third kappa shape index (κ3) is 1.30. The number of amides is 1. The van der Waals surface area contributed by atoms with Gasteiger partial charge in [0.25, 0.3) is 5.91 Å². The first-order valence-corrected chi connectivity index (χ1v) is 4.27. The van der Waals surface area contributed by atoms with E-state index in [0.717, 1.165) is 4.21 Å². The summed E-state index contributed by atoms with van der Waals surface area (Å²) in [5.74, 6) is -0.493. The number of nitrogens with two attached hydrogens (primary N) is 1. The fourth-order valence-corrected chi connectivity index (χ4v) is 1.71. The highest BCUT2D eigenvalue weighted by Crippen LogP contribution is 2.24. The molecule has 10 heavy (non-hydrogen) atoms. The standard InChI is InChI=1S/C5H5N2OS2/c1-9-5-3(4(6)8)7-2-10-5/h2H,1H2,(H2,6,8). The van der Waals surface area contributed by atoms with Crippen molar-refractivity contribution in [1.29, 1.82) is 0 Å². The molecule has 0 fully saturated rings. The second kappa shape index (κ2) is 3.03. The Kier molecular flexibility index (Phi) is 2.29. The average Bonchev–Trinajstić information content (AvgIpc) is 2.33. The predicted molar refractivity (Wildman–Crippen MR) is 41.8 cm³/mol. The molecular weight excluding hydrogens is 168 g/mol. The van der Waals surface area contributed by atoms with E-state index in [1.807, 2.05) is 0 Å². The molecule has 0 aliphatic heterocycles. The molecule has 0 atom stereocenters. The molecule has 0 unspecified atom stereocenters. The summed E-state index contributed by atoms with van der Waals surface area (Å²) in [7, 11) is 0. The van der Waals surface area contributed by atoms with Crippen molar-refractivity contribution in [3.8, 4) is 0 Å². The maximum atomic E-state index is 10.6. The molecule has 1 rings (SSSR count). The van der Waals surface area contributed by atoms with E-state index >= 15 is 0 Å². The molecule has 1 radical (unpaired) electrons. The van der Waals surface area contributed by atoms with Crippen LogP contribution in [0.5, 0.6) is 0 Å². The van der Waals surface area contributed by atoms with Gasteiger partial charge in [0.2, 0.25) is 0 Å². The van der Waals surface area contributed by atoms with Crippen molar-refractivity contribution >= 4 is 29.0 Å². The maximum Gasteiger partial charge on any atom is 0.269 e. The van der Waals surface area contributed by atoms with Gasteiger partial charge in [-0.25, -0.2) is 4.98 Å². The minimum Gasteiger partial charge on any atom is -0.364 e. The summed E-state index contributed by atoms with van der Waals surface area (Å²) in [5, 5.41) is 0. The van der Waals surface area contributed by atoms with Crippen LogP contribution in [0.1, 0.15) is 10.5 Å². The second-order valence-corrected chi connectivity index (χ2v) is 3.31. The zero-order chi connectivity index (χ0) is 7.56. The Morgan fingerprint density at radius 2 is 2.60 bits per heavy atom. The molecule has 5 heteroatoms. The van der Waals surface area contributed by atoms with Crippen LogP contribution in [0.4, 0.5) is 0 Å². The van der Waals surface area contributed by atoms with Gasteiger partial charge in [-0.05, 0) is 0 Å². The van der Waals surface area contributed by atoms with Crippen molar-refractivity contribution in [3.63, 3.8) is 0 Å². The summed E-state index contributed by atoms with van der Waals surface area (Å²) in [6.07, 6.45) is 3.55. The quantitative estimate of drug-likeness (QED) is 0.682. The van der Waals surface area contributed by atoms with Gasteiger partial charge in [-0.1, -0.05) is 0 Å². The van der Waals surface area contributed by atoms with Crippen LogP contribution in [-0.2, 0) is 0 Å². The summed E-state index contributed by atoms with van der Waals surface area (Å²) in [5.41, 5.74) is 6.90. The first-order chi connectivity index (χ1) is 4.75. The lowest BCUT2D eigenvalue weighted by atomic mass is 10.5. The first-order valence-electron chi connectivity index (χ1n) is 2.41. The zero-order valence-corrected chi connectivity index (χ0v) is 6.67. The van der Waals surface area contributed by atoms with E-state index in [9.17, 15) is 4.79 Å². The van der Waals surface area contributed by atoms with E-state index in [1.54, 1.807) is 5.51 Å². The van der Waals surface area contributed by atoms with E-state index in [2.05, 4.69) is 11.2 Å². The van der Waals surface area contributed by atoms with Gasteiger partial charge in [0.1, 0.15) is 0 Å². The smallest absolute Gasteiger partial charge is 0.269 e. The van der Waals surface area contributed by atoms with Gasteiger partial charge in [0, 0.05) is 6.26 Å². The highest BCUT2D eigenvalue weighted by molar-refractivity contribution is 8.02. The van der Waals surface area contributed by atoms with E-state index in [4.69, 9.17) is 5.73 Å². The topological polar surface area (TPSA) is 56.0 Å². The molecule has 1 amide bonds. The first kappa shape index (κ1) is 7.56. The zero-order valence-electron chi connectivity index (χ0n) is 5.03. The lowest BCUT2D eigenvalue weighted by Crippen LogP contribution is -2.11. The average molecular weight is 173 g/mol. The van der Waals surface area contributed by atoms with Crippen molar-refractivity contribution in [2.75, 3.05) is 0 Å². The van der Waals surface area contributed by atoms with Gasteiger partial charge >= 0.3 is 0 Å². The molecule has 1 aromatic rings. The second-order valence-electron chi connectivity index (χ2n) is 1.50. The molecule has 2 N–H and O–H groups in total. The molecule has 0 spiro atoms. The normalized spacial score (nSPS) is 9.70. The number of primary amides is 1. The van der Waals surface area contributed by atoms with Crippen LogP contribution in [0.3, 0.4) is 0 Å². The number of carbonyl (C=O) groups is 1. The number of aromatic nitrogens is 1. The number of carbonyl (C=O) groups excluding carboxylic acids is 1. The molecule has 0 saturated carbocycles. The maximum absolute atomic E-state index is 10.6. The fourth-order valence-electron chi connectivity index (χ4n) is 0.502. The van der Waals surface area contributed by atoms with Gasteiger partial charge in [-0.2, -0.15) is 0 Å². The molecule has 53 valence electrons. The molecule has 3 nitrogen and oxygen atoms in total. The Hall–Kier alpha value is -0.550. The third-order valence-corrected chi connectivity index (χ3v) is 2.62. The molecule has 1 heterocycles.